The molecule has 1 unspecified atom stereocenters. The first-order valence-electron chi connectivity index (χ1n) is 7.49. The van der Waals surface area contributed by atoms with E-state index in [0.29, 0.717) is 12.1 Å². The predicted molar refractivity (Wildman–Crippen MR) is 85.1 cm³/mol. The summed E-state index contributed by atoms with van der Waals surface area (Å²) in [5, 5.41) is 3.66. The Balaban J connectivity index is 1.39. The van der Waals surface area contributed by atoms with Crippen LogP contribution in [0.4, 0.5) is 0 Å². The van der Waals surface area contributed by atoms with Gasteiger partial charge < -0.3 is 15.0 Å². The summed E-state index contributed by atoms with van der Waals surface area (Å²) >= 11 is 3.49. The molecule has 0 spiro atoms. The molecule has 0 radical (unpaired) electrons. The van der Waals surface area contributed by atoms with Gasteiger partial charge in [-0.3, -0.25) is 0 Å². The molecular weight excluding hydrogens is 316 g/mol. The van der Waals surface area contributed by atoms with E-state index in [9.17, 15) is 0 Å². The maximum atomic E-state index is 5.78. The minimum Gasteiger partial charge on any atom is -0.374 e. The number of hydrogen-bond acceptors (Lipinski definition) is 3. The van der Waals surface area contributed by atoms with Crippen molar-refractivity contribution in [3.8, 4) is 0 Å². The van der Waals surface area contributed by atoms with Crippen LogP contribution in [-0.4, -0.2) is 50.3 Å². The van der Waals surface area contributed by atoms with Gasteiger partial charge in [-0.05, 0) is 43.5 Å². The summed E-state index contributed by atoms with van der Waals surface area (Å²) in [4.78, 5) is 2.35. The van der Waals surface area contributed by atoms with Gasteiger partial charge in [0.1, 0.15) is 0 Å². The monoisotopic (exact) mass is 338 g/mol. The van der Waals surface area contributed by atoms with Crippen LogP contribution >= 0.6 is 15.9 Å². The van der Waals surface area contributed by atoms with Gasteiger partial charge in [0.25, 0.3) is 0 Å². The largest absolute Gasteiger partial charge is 0.374 e. The molecule has 1 aromatic carbocycles. The predicted octanol–water partition coefficient (Wildman–Crippen LogP) is 2.62. The van der Waals surface area contributed by atoms with Gasteiger partial charge in [-0.2, -0.15) is 0 Å². The second-order valence-electron chi connectivity index (χ2n) is 6.08. The standard InChI is InChI=1S/C16H23BrN2O/c1-19-6-7-20-16(11-19)10-18-15-8-13(9-15)12-2-4-14(17)5-3-12/h2-5,13,15-16,18H,6-11H2,1H3. The summed E-state index contributed by atoms with van der Waals surface area (Å²) in [6.45, 7) is 3.97. The molecule has 1 atom stereocenters. The van der Waals surface area contributed by atoms with Gasteiger partial charge in [0, 0.05) is 30.1 Å². The Labute approximate surface area is 129 Å². The van der Waals surface area contributed by atoms with Crippen LogP contribution in [0.3, 0.4) is 0 Å². The highest BCUT2D eigenvalue weighted by atomic mass is 79.9. The maximum absolute atomic E-state index is 5.78. The molecule has 2 fully saturated rings. The lowest BCUT2D eigenvalue weighted by Gasteiger charge is -2.38. The highest BCUT2D eigenvalue weighted by Crippen LogP contribution is 2.37. The summed E-state index contributed by atoms with van der Waals surface area (Å²) in [5.41, 5.74) is 1.47. The number of hydrogen-bond donors (Lipinski definition) is 1. The Morgan fingerprint density at radius 1 is 1.30 bits per heavy atom. The molecule has 0 aromatic heterocycles. The van der Waals surface area contributed by atoms with Crippen LogP contribution in [0.2, 0.25) is 0 Å². The van der Waals surface area contributed by atoms with E-state index in [0.717, 1.165) is 36.6 Å². The van der Waals surface area contributed by atoms with Crippen molar-refractivity contribution in [2.45, 2.75) is 30.9 Å². The molecule has 3 rings (SSSR count). The summed E-state index contributed by atoms with van der Waals surface area (Å²) in [6, 6.07) is 9.43. The highest BCUT2D eigenvalue weighted by molar-refractivity contribution is 9.10. The number of rotatable bonds is 4. The van der Waals surface area contributed by atoms with Gasteiger partial charge in [0.2, 0.25) is 0 Å². The zero-order valence-corrected chi connectivity index (χ0v) is 13.6. The highest BCUT2D eigenvalue weighted by Gasteiger charge is 2.30. The average molecular weight is 339 g/mol. The smallest absolute Gasteiger partial charge is 0.0826 e. The summed E-state index contributed by atoms with van der Waals surface area (Å²) in [6.07, 6.45) is 2.87. The van der Waals surface area contributed by atoms with E-state index in [-0.39, 0.29) is 0 Å². The van der Waals surface area contributed by atoms with Gasteiger partial charge in [-0.1, -0.05) is 28.1 Å². The minimum absolute atomic E-state index is 0.362. The summed E-state index contributed by atoms with van der Waals surface area (Å²) in [7, 11) is 2.17. The molecule has 2 aliphatic rings. The maximum Gasteiger partial charge on any atom is 0.0826 e. The second kappa shape index (κ2) is 6.56. The third-order valence-corrected chi connectivity index (χ3v) is 4.98. The molecule has 110 valence electrons. The van der Waals surface area contributed by atoms with E-state index >= 15 is 0 Å². The van der Waals surface area contributed by atoms with Gasteiger partial charge in [0.15, 0.2) is 0 Å². The van der Waals surface area contributed by atoms with Crippen molar-refractivity contribution in [1.82, 2.24) is 10.2 Å². The molecule has 1 saturated heterocycles. The number of nitrogens with zero attached hydrogens (tertiary/aromatic N) is 1. The van der Waals surface area contributed by atoms with E-state index in [2.05, 4.69) is 57.5 Å². The first kappa shape index (κ1) is 14.5. The molecule has 3 nitrogen and oxygen atoms in total. The zero-order valence-electron chi connectivity index (χ0n) is 12.0. The molecule has 0 amide bonds. The minimum atomic E-state index is 0.362. The second-order valence-corrected chi connectivity index (χ2v) is 7.00. The van der Waals surface area contributed by atoms with Gasteiger partial charge in [-0.15, -0.1) is 0 Å². The Kier molecular flexibility index (Phi) is 4.76. The number of likely N-dealkylation sites (N-methyl/N-ethyl adjacent to an activating group) is 1. The van der Waals surface area contributed by atoms with Crippen LogP contribution in [0.5, 0.6) is 0 Å². The average Bonchev–Trinajstić information content (AvgIpc) is 2.39. The summed E-state index contributed by atoms with van der Waals surface area (Å²) in [5.74, 6) is 0.732. The lowest BCUT2D eigenvalue weighted by molar-refractivity contribution is -0.0207. The van der Waals surface area contributed by atoms with Crippen LogP contribution < -0.4 is 5.32 Å². The SMILES string of the molecule is CN1CCOC(CNC2CC(c3ccc(Br)cc3)C2)C1. The molecule has 1 aromatic rings. The molecule has 1 saturated carbocycles. The van der Waals surface area contributed by atoms with Crippen LogP contribution in [0.15, 0.2) is 28.7 Å². The van der Waals surface area contributed by atoms with Gasteiger partial charge in [0.05, 0.1) is 12.7 Å². The quantitative estimate of drug-likeness (QED) is 0.913. The van der Waals surface area contributed by atoms with Gasteiger partial charge in [-0.25, -0.2) is 0 Å². The van der Waals surface area contributed by atoms with Crippen LogP contribution in [0.1, 0.15) is 24.3 Å². The number of nitrogens with one attached hydrogen (secondary N) is 1. The first-order chi connectivity index (χ1) is 9.70. The number of ether oxygens (including phenoxy) is 1. The van der Waals surface area contributed by atoms with Crippen molar-refractivity contribution in [2.75, 3.05) is 33.3 Å². The van der Waals surface area contributed by atoms with E-state index in [4.69, 9.17) is 4.74 Å². The fourth-order valence-corrected chi connectivity index (χ4v) is 3.34. The zero-order chi connectivity index (χ0) is 13.9. The van der Waals surface area contributed by atoms with Crippen LogP contribution in [0.25, 0.3) is 0 Å². The third kappa shape index (κ3) is 3.61. The first-order valence-corrected chi connectivity index (χ1v) is 8.29. The molecular formula is C16H23BrN2O. The van der Waals surface area contributed by atoms with Gasteiger partial charge >= 0.3 is 0 Å². The van der Waals surface area contributed by atoms with Crippen molar-refractivity contribution in [3.63, 3.8) is 0 Å². The van der Waals surface area contributed by atoms with Crippen LogP contribution in [-0.2, 0) is 4.74 Å². The van der Waals surface area contributed by atoms with Crippen molar-refractivity contribution in [2.24, 2.45) is 0 Å². The number of morpholine rings is 1. The number of halogens is 1. The Morgan fingerprint density at radius 3 is 2.75 bits per heavy atom. The normalized spacial score (nSPS) is 31.0. The Hall–Kier alpha value is -0.420. The molecule has 1 aliphatic heterocycles. The van der Waals surface area contributed by atoms with Crippen molar-refractivity contribution in [1.29, 1.82) is 0 Å². The van der Waals surface area contributed by atoms with E-state index in [1.165, 1.54) is 18.4 Å². The van der Waals surface area contributed by atoms with Crippen molar-refractivity contribution >= 4 is 15.9 Å². The molecule has 1 aliphatic carbocycles. The molecule has 1 N–H and O–H groups in total. The molecule has 4 heteroatoms. The Morgan fingerprint density at radius 2 is 2.05 bits per heavy atom. The van der Waals surface area contributed by atoms with Crippen molar-refractivity contribution < 1.29 is 4.74 Å². The fraction of sp³-hybridized carbons (Fsp3) is 0.625. The van der Waals surface area contributed by atoms with E-state index in [1.807, 2.05) is 0 Å². The summed E-state index contributed by atoms with van der Waals surface area (Å²) < 4.78 is 6.94. The lowest BCUT2D eigenvalue weighted by Crippen LogP contribution is -2.49. The molecule has 1 heterocycles. The fourth-order valence-electron chi connectivity index (χ4n) is 3.08. The Bertz CT molecular complexity index is 431. The molecule has 0 bridgehead atoms. The lowest BCUT2D eigenvalue weighted by atomic mass is 9.76. The van der Waals surface area contributed by atoms with Crippen LogP contribution in [0, 0.1) is 0 Å². The molecule has 20 heavy (non-hydrogen) atoms. The number of benzene rings is 1. The third-order valence-electron chi connectivity index (χ3n) is 4.46. The topological polar surface area (TPSA) is 24.5 Å². The van der Waals surface area contributed by atoms with Crippen molar-refractivity contribution in [3.05, 3.63) is 34.3 Å². The van der Waals surface area contributed by atoms with E-state index in [1.54, 1.807) is 0 Å². The van der Waals surface area contributed by atoms with E-state index < -0.39 is 0 Å².